The predicted molar refractivity (Wildman–Crippen MR) is 132 cm³/mol. The lowest BCUT2D eigenvalue weighted by atomic mass is 9.72. The Bertz CT molecular complexity index is 1420. The van der Waals surface area contributed by atoms with E-state index in [0.717, 1.165) is 61.2 Å². The van der Waals surface area contributed by atoms with Gasteiger partial charge in [0.15, 0.2) is 5.69 Å². The van der Waals surface area contributed by atoms with E-state index in [1.54, 1.807) is 6.07 Å². The van der Waals surface area contributed by atoms with Gasteiger partial charge in [-0.25, -0.2) is 4.98 Å². The first-order valence-electron chi connectivity index (χ1n) is 11.7. The Hall–Kier alpha value is -3.95. The molecule has 168 valence electrons. The van der Waals surface area contributed by atoms with Crippen molar-refractivity contribution in [3.8, 4) is 23.0 Å². The summed E-state index contributed by atoms with van der Waals surface area (Å²) < 4.78 is 0. The van der Waals surface area contributed by atoms with Gasteiger partial charge in [-0.2, -0.15) is 5.10 Å². The normalized spacial score (nSPS) is 16.6. The fourth-order valence-electron chi connectivity index (χ4n) is 5.04. The SMILES string of the molecule is O=C(c1ccc2[nH]nc(C#Cc3ccccc3-c3ccccc3)c2n1)N1CC2(CCNCC2)C1. The van der Waals surface area contributed by atoms with E-state index in [9.17, 15) is 4.79 Å². The number of benzene rings is 2. The maximum atomic E-state index is 13.1. The summed E-state index contributed by atoms with van der Waals surface area (Å²) in [5, 5.41) is 10.8. The van der Waals surface area contributed by atoms with E-state index in [4.69, 9.17) is 0 Å². The summed E-state index contributed by atoms with van der Waals surface area (Å²) in [7, 11) is 0. The summed E-state index contributed by atoms with van der Waals surface area (Å²) >= 11 is 0. The molecule has 0 atom stereocenters. The maximum absolute atomic E-state index is 13.1. The van der Waals surface area contributed by atoms with Crippen LogP contribution < -0.4 is 5.32 Å². The predicted octanol–water partition coefficient (Wildman–Crippen LogP) is 3.85. The van der Waals surface area contributed by atoms with Crippen LogP contribution in [-0.4, -0.2) is 52.2 Å². The van der Waals surface area contributed by atoms with Crippen molar-refractivity contribution in [3.05, 3.63) is 83.7 Å². The lowest BCUT2D eigenvalue weighted by Crippen LogP contribution is -2.61. The molecule has 4 aromatic rings. The van der Waals surface area contributed by atoms with E-state index in [1.165, 1.54) is 0 Å². The summed E-state index contributed by atoms with van der Waals surface area (Å²) in [5.74, 6) is 6.43. The number of carbonyl (C=O) groups excluding carboxylic acids is 1. The lowest BCUT2D eigenvalue weighted by molar-refractivity contribution is -0.0117. The van der Waals surface area contributed by atoms with E-state index < -0.39 is 0 Å². The fraction of sp³-hybridized carbons (Fsp3) is 0.250. The van der Waals surface area contributed by atoms with Crippen LogP contribution in [0.5, 0.6) is 0 Å². The van der Waals surface area contributed by atoms with Crippen LogP contribution in [-0.2, 0) is 0 Å². The molecule has 0 bridgehead atoms. The molecule has 1 spiro atoms. The van der Waals surface area contributed by atoms with Crippen LogP contribution in [0, 0.1) is 17.3 Å². The molecular formula is C28H25N5O. The molecule has 2 saturated heterocycles. The van der Waals surface area contributed by atoms with Crippen molar-refractivity contribution in [2.45, 2.75) is 12.8 Å². The van der Waals surface area contributed by atoms with Crippen molar-refractivity contribution < 1.29 is 4.79 Å². The zero-order valence-corrected chi connectivity index (χ0v) is 18.8. The van der Waals surface area contributed by atoms with Crippen LogP contribution in [0.4, 0.5) is 0 Å². The van der Waals surface area contributed by atoms with E-state index in [1.807, 2.05) is 47.4 Å². The average Bonchev–Trinajstić information content (AvgIpc) is 3.29. The highest BCUT2D eigenvalue weighted by molar-refractivity contribution is 5.95. The molecular weight excluding hydrogens is 422 g/mol. The van der Waals surface area contributed by atoms with Gasteiger partial charge in [-0.3, -0.25) is 9.89 Å². The average molecular weight is 448 g/mol. The molecule has 0 aliphatic carbocycles. The van der Waals surface area contributed by atoms with Crippen LogP contribution in [0.15, 0.2) is 66.7 Å². The van der Waals surface area contributed by atoms with Gasteiger partial charge in [0.1, 0.15) is 11.2 Å². The van der Waals surface area contributed by atoms with Gasteiger partial charge < -0.3 is 10.2 Å². The van der Waals surface area contributed by atoms with Gasteiger partial charge in [0.2, 0.25) is 0 Å². The minimum atomic E-state index is -0.0133. The van der Waals surface area contributed by atoms with Crippen LogP contribution in [0.3, 0.4) is 0 Å². The molecule has 0 radical (unpaired) electrons. The molecule has 2 aromatic heterocycles. The molecule has 0 unspecified atom stereocenters. The van der Waals surface area contributed by atoms with Crippen LogP contribution >= 0.6 is 0 Å². The topological polar surface area (TPSA) is 73.9 Å². The first-order valence-corrected chi connectivity index (χ1v) is 11.7. The number of likely N-dealkylation sites (tertiary alicyclic amines) is 1. The molecule has 2 aliphatic heterocycles. The number of fused-ring (bicyclic) bond motifs is 1. The van der Waals surface area contributed by atoms with E-state index in [0.29, 0.717) is 22.3 Å². The third-order valence-corrected chi connectivity index (χ3v) is 6.96. The Balaban J connectivity index is 1.27. The van der Waals surface area contributed by atoms with Gasteiger partial charge in [0.05, 0.1) is 5.52 Å². The largest absolute Gasteiger partial charge is 0.336 e. The molecule has 2 fully saturated rings. The summed E-state index contributed by atoms with van der Waals surface area (Å²) in [6.45, 7) is 3.72. The fourth-order valence-corrected chi connectivity index (χ4v) is 5.04. The van der Waals surface area contributed by atoms with Crippen LogP contribution in [0.2, 0.25) is 0 Å². The molecule has 34 heavy (non-hydrogen) atoms. The smallest absolute Gasteiger partial charge is 0.272 e. The van der Waals surface area contributed by atoms with Gasteiger partial charge in [-0.1, -0.05) is 54.5 Å². The number of nitrogens with one attached hydrogen (secondary N) is 2. The minimum absolute atomic E-state index is 0.0133. The summed E-state index contributed by atoms with van der Waals surface area (Å²) in [5.41, 5.74) is 5.81. The van der Waals surface area contributed by atoms with Crippen molar-refractivity contribution in [1.29, 1.82) is 0 Å². The van der Waals surface area contributed by atoms with Crippen molar-refractivity contribution in [1.82, 2.24) is 25.4 Å². The number of piperidine rings is 1. The first kappa shape index (κ1) is 20.6. The van der Waals surface area contributed by atoms with E-state index in [2.05, 4.69) is 50.5 Å². The number of aromatic amines is 1. The van der Waals surface area contributed by atoms with Crippen molar-refractivity contribution >= 4 is 16.9 Å². The maximum Gasteiger partial charge on any atom is 0.272 e. The number of hydrogen-bond acceptors (Lipinski definition) is 4. The second kappa shape index (κ2) is 8.44. The summed E-state index contributed by atoms with van der Waals surface area (Å²) in [6.07, 6.45) is 2.27. The van der Waals surface area contributed by atoms with Crippen LogP contribution in [0.25, 0.3) is 22.2 Å². The molecule has 6 heteroatoms. The van der Waals surface area contributed by atoms with Crippen molar-refractivity contribution in [2.24, 2.45) is 5.41 Å². The number of amides is 1. The Kier molecular flexibility index (Phi) is 5.12. The monoisotopic (exact) mass is 447 g/mol. The van der Waals surface area contributed by atoms with Gasteiger partial charge in [-0.05, 0) is 61.2 Å². The Morgan fingerprint density at radius 3 is 2.50 bits per heavy atom. The second-order valence-corrected chi connectivity index (χ2v) is 9.24. The number of nitrogens with zero attached hydrogens (tertiary/aromatic N) is 3. The second-order valence-electron chi connectivity index (χ2n) is 9.24. The number of hydrogen-bond donors (Lipinski definition) is 2. The molecule has 1 amide bonds. The number of H-pyrrole nitrogens is 1. The number of carbonyl (C=O) groups is 1. The van der Waals surface area contributed by atoms with Gasteiger partial charge in [-0.15, -0.1) is 0 Å². The quantitative estimate of drug-likeness (QED) is 0.458. The molecule has 6 nitrogen and oxygen atoms in total. The molecule has 2 N–H and O–H groups in total. The molecule has 0 saturated carbocycles. The third-order valence-electron chi connectivity index (χ3n) is 6.96. The number of pyridine rings is 1. The van der Waals surface area contributed by atoms with Gasteiger partial charge >= 0.3 is 0 Å². The molecule has 6 rings (SSSR count). The van der Waals surface area contributed by atoms with Crippen LogP contribution in [0.1, 0.15) is 34.6 Å². The van der Waals surface area contributed by atoms with Crippen molar-refractivity contribution in [3.63, 3.8) is 0 Å². The molecule has 2 aromatic carbocycles. The van der Waals surface area contributed by atoms with Crippen molar-refractivity contribution in [2.75, 3.05) is 26.2 Å². The zero-order chi connectivity index (χ0) is 23.0. The minimum Gasteiger partial charge on any atom is -0.336 e. The highest BCUT2D eigenvalue weighted by atomic mass is 16.2. The first-order chi connectivity index (χ1) is 16.7. The lowest BCUT2D eigenvalue weighted by Gasteiger charge is -2.52. The summed E-state index contributed by atoms with van der Waals surface area (Å²) in [6, 6.07) is 21.9. The molecule has 2 aliphatic rings. The number of rotatable bonds is 2. The van der Waals surface area contributed by atoms with Gasteiger partial charge in [0, 0.05) is 24.1 Å². The Morgan fingerprint density at radius 1 is 0.912 bits per heavy atom. The summed E-state index contributed by atoms with van der Waals surface area (Å²) in [4.78, 5) is 19.7. The highest BCUT2D eigenvalue weighted by Gasteiger charge is 2.45. The highest BCUT2D eigenvalue weighted by Crippen LogP contribution is 2.39. The third kappa shape index (κ3) is 3.74. The van der Waals surface area contributed by atoms with E-state index >= 15 is 0 Å². The van der Waals surface area contributed by atoms with Gasteiger partial charge in [0.25, 0.3) is 5.91 Å². The Labute approximate surface area is 198 Å². The zero-order valence-electron chi connectivity index (χ0n) is 18.8. The Morgan fingerprint density at radius 2 is 1.68 bits per heavy atom. The van der Waals surface area contributed by atoms with E-state index in [-0.39, 0.29) is 5.91 Å². The standard InChI is InChI=1S/C28H25N5O/c34-27(33-18-28(19-33)14-16-29-17-15-28)25-13-12-24-26(30-25)23(31-32-24)11-10-21-8-4-5-9-22(21)20-6-2-1-3-7-20/h1-9,12-13,29H,14-19H2,(H,31,32). The molecule has 4 heterocycles. The number of aromatic nitrogens is 3.